The first-order valence-electron chi connectivity index (χ1n) is 9.47. The van der Waals surface area contributed by atoms with Gasteiger partial charge < -0.3 is 14.8 Å². The van der Waals surface area contributed by atoms with Crippen LogP contribution in [-0.4, -0.2) is 20.1 Å². The summed E-state index contributed by atoms with van der Waals surface area (Å²) >= 11 is 1.63. The quantitative estimate of drug-likeness (QED) is 0.519. The lowest BCUT2D eigenvalue weighted by Gasteiger charge is -2.17. The van der Waals surface area contributed by atoms with Crippen LogP contribution in [0.15, 0.2) is 66.1 Å². The van der Waals surface area contributed by atoms with Crippen LogP contribution in [0.25, 0.3) is 6.08 Å². The van der Waals surface area contributed by atoms with Crippen molar-refractivity contribution in [1.82, 2.24) is 5.32 Å². The average Bonchev–Trinajstić information content (AvgIpc) is 3.30. The van der Waals surface area contributed by atoms with Crippen molar-refractivity contribution in [2.24, 2.45) is 0 Å². The largest absolute Gasteiger partial charge is 0.497 e. The van der Waals surface area contributed by atoms with Gasteiger partial charge in [0.05, 0.1) is 20.3 Å². The predicted octanol–water partition coefficient (Wildman–Crippen LogP) is 5.25. The first-order chi connectivity index (χ1) is 14.1. The number of nitrogens with one attached hydrogen (secondary N) is 1. The maximum atomic E-state index is 12.7. The summed E-state index contributed by atoms with van der Waals surface area (Å²) in [5, 5.41) is 5.14. The molecule has 0 unspecified atom stereocenters. The van der Waals surface area contributed by atoms with Gasteiger partial charge in [-0.3, -0.25) is 4.79 Å². The summed E-state index contributed by atoms with van der Waals surface area (Å²) in [6.07, 6.45) is 4.25. The number of hydrogen-bond donors (Lipinski definition) is 1. The Bertz CT molecular complexity index is 962. The van der Waals surface area contributed by atoms with Crippen molar-refractivity contribution in [2.45, 2.75) is 19.4 Å². The van der Waals surface area contributed by atoms with Crippen molar-refractivity contribution < 1.29 is 14.3 Å². The molecule has 1 atom stereocenters. The molecular formula is C24H25NO3S. The van der Waals surface area contributed by atoms with E-state index in [9.17, 15) is 4.79 Å². The molecule has 1 amide bonds. The van der Waals surface area contributed by atoms with Crippen LogP contribution in [0.5, 0.6) is 11.5 Å². The zero-order valence-electron chi connectivity index (χ0n) is 16.8. The minimum absolute atomic E-state index is 0.173. The van der Waals surface area contributed by atoms with E-state index in [1.54, 1.807) is 31.6 Å². The van der Waals surface area contributed by atoms with Gasteiger partial charge in [-0.15, -0.1) is 11.3 Å². The fourth-order valence-corrected chi connectivity index (χ4v) is 3.85. The second-order valence-corrected chi connectivity index (χ2v) is 7.47. The molecule has 1 heterocycles. The van der Waals surface area contributed by atoms with Gasteiger partial charge in [0.2, 0.25) is 5.91 Å². The van der Waals surface area contributed by atoms with Crippen molar-refractivity contribution in [2.75, 3.05) is 14.2 Å². The summed E-state index contributed by atoms with van der Waals surface area (Å²) < 4.78 is 10.6. The summed E-state index contributed by atoms with van der Waals surface area (Å²) in [4.78, 5) is 13.8. The van der Waals surface area contributed by atoms with Gasteiger partial charge >= 0.3 is 0 Å². The molecule has 5 heteroatoms. The number of benzene rings is 2. The Morgan fingerprint density at radius 3 is 2.52 bits per heavy atom. The number of carbonyl (C=O) groups is 1. The number of hydrogen-bond acceptors (Lipinski definition) is 4. The van der Waals surface area contributed by atoms with E-state index >= 15 is 0 Å². The van der Waals surface area contributed by atoms with Crippen LogP contribution in [0, 0.1) is 0 Å². The predicted molar refractivity (Wildman–Crippen MR) is 119 cm³/mol. The number of carbonyl (C=O) groups excluding carboxylic acids is 1. The molecule has 0 aliphatic carbocycles. The highest BCUT2D eigenvalue weighted by atomic mass is 32.1. The third kappa shape index (κ3) is 5.27. The Morgan fingerprint density at radius 2 is 1.90 bits per heavy atom. The molecule has 0 aliphatic rings. The van der Waals surface area contributed by atoms with Crippen LogP contribution in [0.1, 0.15) is 34.5 Å². The number of rotatable bonds is 8. The van der Waals surface area contributed by atoms with Crippen LogP contribution in [0.4, 0.5) is 0 Å². The van der Waals surface area contributed by atoms with Crippen molar-refractivity contribution in [3.05, 3.63) is 87.6 Å². The van der Waals surface area contributed by atoms with Crippen molar-refractivity contribution >= 4 is 23.3 Å². The molecule has 2 aromatic carbocycles. The number of amides is 1. The monoisotopic (exact) mass is 407 g/mol. The minimum atomic E-state index is -0.190. The van der Waals surface area contributed by atoms with Crippen LogP contribution in [0.3, 0.4) is 0 Å². The molecule has 4 nitrogen and oxygen atoms in total. The fraction of sp³-hybridized carbons (Fsp3) is 0.208. The highest BCUT2D eigenvalue weighted by molar-refractivity contribution is 7.10. The maximum Gasteiger partial charge on any atom is 0.244 e. The summed E-state index contributed by atoms with van der Waals surface area (Å²) in [6.45, 7) is 2.13. The normalized spacial score (nSPS) is 12.0. The van der Waals surface area contributed by atoms with Gasteiger partial charge in [-0.1, -0.05) is 37.3 Å². The van der Waals surface area contributed by atoms with E-state index < -0.39 is 0 Å². The van der Waals surface area contributed by atoms with Gasteiger partial charge in [0, 0.05) is 16.5 Å². The van der Waals surface area contributed by atoms with E-state index in [0.29, 0.717) is 11.5 Å². The lowest BCUT2D eigenvalue weighted by molar-refractivity contribution is -0.116. The van der Waals surface area contributed by atoms with Gasteiger partial charge in [0.25, 0.3) is 0 Å². The molecule has 3 rings (SSSR count). The second kappa shape index (κ2) is 9.94. The SMILES string of the molecule is CCc1ccc([C@H](NC(=O)/C=C/c2cc(OC)ccc2OC)c2cccs2)cc1. The van der Waals surface area contributed by atoms with Crippen molar-refractivity contribution in [1.29, 1.82) is 0 Å². The van der Waals surface area contributed by atoms with E-state index in [2.05, 4.69) is 36.5 Å². The van der Waals surface area contributed by atoms with E-state index in [4.69, 9.17) is 9.47 Å². The molecule has 0 spiro atoms. The van der Waals surface area contributed by atoms with Crippen LogP contribution in [-0.2, 0) is 11.2 Å². The van der Waals surface area contributed by atoms with Crippen LogP contribution >= 0.6 is 11.3 Å². The molecular weight excluding hydrogens is 382 g/mol. The van der Waals surface area contributed by atoms with E-state index in [1.165, 1.54) is 11.6 Å². The van der Waals surface area contributed by atoms with Gasteiger partial charge in [-0.05, 0) is 53.3 Å². The molecule has 29 heavy (non-hydrogen) atoms. The smallest absolute Gasteiger partial charge is 0.244 e. The molecule has 0 saturated heterocycles. The molecule has 0 fully saturated rings. The number of methoxy groups -OCH3 is 2. The molecule has 3 aromatic rings. The Morgan fingerprint density at radius 1 is 1.10 bits per heavy atom. The van der Waals surface area contributed by atoms with E-state index in [1.807, 2.05) is 35.7 Å². The number of thiophene rings is 1. The van der Waals surface area contributed by atoms with E-state index in [0.717, 1.165) is 22.4 Å². The first kappa shape index (κ1) is 20.7. The Balaban J connectivity index is 1.81. The summed E-state index contributed by atoms with van der Waals surface area (Å²) in [6, 6.07) is 17.7. The van der Waals surface area contributed by atoms with Crippen molar-refractivity contribution in [3.8, 4) is 11.5 Å². The van der Waals surface area contributed by atoms with Crippen LogP contribution in [0.2, 0.25) is 0 Å². The Kier molecular flexibility index (Phi) is 7.09. The standard InChI is InChI=1S/C24H25NO3S/c1-4-17-7-9-18(10-8-17)24(22-6-5-15-29-22)25-23(26)14-11-19-16-20(27-2)12-13-21(19)28-3/h5-16,24H,4H2,1-3H3,(H,25,26)/b14-11+/t24-/m0/s1. The lowest BCUT2D eigenvalue weighted by Crippen LogP contribution is -2.27. The van der Waals surface area contributed by atoms with Crippen LogP contribution < -0.4 is 14.8 Å². The van der Waals surface area contributed by atoms with Gasteiger partial charge in [0.15, 0.2) is 0 Å². The zero-order valence-corrected chi connectivity index (χ0v) is 17.7. The highest BCUT2D eigenvalue weighted by Crippen LogP contribution is 2.27. The van der Waals surface area contributed by atoms with Gasteiger partial charge in [-0.2, -0.15) is 0 Å². The zero-order chi connectivity index (χ0) is 20.6. The second-order valence-electron chi connectivity index (χ2n) is 6.49. The topological polar surface area (TPSA) is 47.6 Å². The van der Waals surface area contributed by atoms with Gasteiger partial charge in [-0.25, -0.2) is 0 Å². The maximum absolute atomic E-state index is 12.7. The molecule has 0 bridgehead atoms. The molecule has 1 aromatic heterocycles. The molecule has 0 radical (unpaired) electrons. The first-order valence-corrected chi connectivity index (χ1v) is 10.4. The third-order valence-corrected chi connectivity index (χ3v) is 5.62. The molecule has 0 saturated carbocycles. The fourth-order valence-electron chi connectivity index (χ4n) is 3.05. The minimum Gasteiger partial charge on any atom is -0.497 e. The molecule has 0 aliphatic heterocycles. The van der Waals surface area contributed by atoms with E-state index in [-0.39, 0.29) is 11.9 Å². The molecule has 150 valence electrons. The van der Waals surface area contributed by atoms with Crippen molar-refractivity contribution in [3.63, 3.8) is 0 Å². The average molecular weight is 408 g/mol. The van der Waals surface area contributed by atoms with Gasteiger partial charge in [0.1, 0.15) is 11.5 Å². The Hall–Kier alpha value is -3.05. The number of aryl methyl sites for hydroxylation is 1. The Labute approximate surface area is 175 Å². The number of ether oxygens (including phenoxy) is 2. The highest BCUT2D eigenvalue weighted by Gasteiger charge is 2.17. The summed E-state index contributed by atoms with van der Waals surface area (Å²) in [5.41, 5.74) is 3.11. The lowest BCUT2D eigenvalue weighted by atomic mass is 10.0. The third-order valence-electron chi connectivity index (χ3n) is 4.69. The summed E-state index contributed by atoms with van der Waals surface area (Å²) in [5.74, 6) is 1.21. The summed E-state index contributed by atoms with van der Waals surface area (Å²) in [7, 11) is 3.21. The molecule has 1 N–H and O–H groups in total.